The zero-order valence-electron chi connectivity index (χ0n) is 17.1. The maximum atomic E-state index is 12.9. The zero-order chi connectivity index (χ0) is 20.4. The van der Waals surface area contributed by atoms with Gasteiger partial charge in [0, 0.05) is 43.4 Å². The fourth-order valence-electron chi connectivity index (χ4n) is 4.20. The second-order valence-electron chi connectivity index (χ2n) is 7.90. The molecule has 0 bridgehead atoms. The highest BCUT2D eigenvalue weighted by atomic mass is 16.5. The number of aryl methyl sites for hydroxylation is 1. The molecule has 0 radical (unpaired) electrons. The van der Waals surface area contributed by atoms with Crippen molar-refractivity contribution in [3.63, 3.8) is 0 Å². The van der Waals surface area contributed by atoms with E-state index in [0.717, 1.165) is 6.42 Å². The number of anilines is 1. The summed E-state index contributed by atoms with van der Waals surface area (Å²) in [6, 6.07) is 8.45. The summed E-state index contributed by atoms with van der Waals surface area (Å²) in [7, 11) is 0. The van der Waals surface area contributed by atoms with Crippen LogP contribution in [0.15, 0.2) is 29.1 Å². The van der Waals surface area contributed by atoms with Crippen LogP contribution in [0.5, 0.6) is 0 Å². The van der Waals surface area contributed by atoms with Crippen molar-refractivity contribution in [1.82, 2.24) is 14.9 Å². The minimum Gasteiger partial charge on any atom is -0.378 e. The van der Waals surface area contributed by atoms with Crippen molar-refractivity contribution < 1.29 is 9.53 Å². The third-order valence-electron chi connectivity index (χ3n) is 5.94. The van der Waals surface area contributed by atoms with Crippen molar-refractivity contribution in [2.24, 2.45) is 0 Å². The Morgan fingerprint density at radius 3 is 2.69 bits per heavy atom. The largest absolute Gasteiger partial charge is 0.378 e. The van der Waals surface area contributed by atoms with Gasteiger partial charge in [0.15, 0.2) is 0 Å². The minimum absolute atomic E-state index is 0.0862. The van der Waals surface area contributed by atoms with Gasteiger partial charge in [0.05, 0.1) is 13.2 Å². The first-order valence-corrected chi connectivity index (χ1v) is 10.3. The Kier molecular flexibility index (Phi) is 5.67. The number of fused-ring (bicyclic) bond motifs is 1. The van der Waals surface area contributed by atoms with E-state index < -0.39 is 0 Å². The summed E-state index contributed by atoms with van der Waals surface area (Å²) in [6.45, 7) is 7.28. The molecule has 2 aliphatic heterocycles. The van der Waals surface area contributed by atoms with Gasteiger partial charge in [-0.15, -0.1) is 0 Å². The third kappa shape index (κ3) is 4.19. The number of hydrogen-bond acceptors (Lipinski definition) is 5. The Hall–Kier alpha value is -2.67. The van der Waals surface area contributed by atoms with Crippen LogP contribution in [0.2, 0.25) is 0 Å². The van der Waals surface area contributed by atoms with E-state index in [2.05, 4.69) is 29.0 Å². The fraction of sp³-hybridized carbons (Fsp3) is 0.500. The van der Waals surface area contributed by atoms with Crippen LogP contribution in [-0.4, -0.2) is 53.1 Å². The molecule has 1 aromatic carbocycles. The van der Waals surface area contributed by atoms with Gasteiger partial charge >= 0.3 is 0 Å². The van der Waals surface area contributed by atoms with E-state index in [4.69, 9.17) is 4.74 Å². The van der Waals surface area contributed by atoms with Crippen molar-refractivity contribution in [3.05, 3.63) is 57.0 Å². The summed E-state index contributed by atoms with van der Waals surface area (Å²) in [6.07, 6.45) is 1.59. The summed E-state index contributed by atoms with van der Waals surface area (Å²) in [5.41, 5.74) is 3.67. The number of aromatic nitrogens is 2. The summed E-state index contributed by atoms with van der Waals surface area (Å²) < 4.78 is 5.35. The number of nitrogens with zero attached hydrogens (tertiary/aromatic N) is 3. The molecule has 0 saturated carbocycles. The van der Waals surface area contributed by atoms with Gasteiger partial charge in [0.2, 0.25) is 11.9 Å². The number of hydrogen-bond donors (Lipinski definition) is 1. The lowest BCUT2D eigenvalue weighted by atomic mass is 9.94. The van der Waals surface area contributed by atoms with Crippen LogP contribution in [0.3, 0.4) is 0 Å². The predicted octanol–water partition coefficient (Wildman–Crippen LogP) is 1.82. The SMILES string of the molecule is Cc1nc(N2CCOCC2)[nH]c(=O)c1CCC(=O)N1Cc2ccccc2CC1C. The molecule has 1 amide bonds. The summed E-state index contributed by atoms with van der Waals surface area (Å²) in [5.74, 6) is 0.676. The molecule has 7 heteroatoms. The van der Waals surface area contributed by atoms with Gasteiger partial charge in [0.25, 0.3) is 5.56 Å². The van der Waals surface area contributed by atoms with Gasteiger partial charge in [-0.05, 0) is 37.8 Å². The summed E-state index contributed by atoms with van der Waals surface area (Å²) >= 11 is 0. The number of aromatic amines is 1. The highest BCUT2D eigenvalue weighted by Crippen LogP contribution is 2.24. The van der Waals surface area contributed by atoms with Crippen molar-refractivity contribution in [3.8, 4) is 0 Å². The smallest absolute Gasteiger partial charge is 0.255 e. The van der Waals surface area contributed by atoms with Crippen LogP contribution < -0.4 is 10.5 Å². The maximum absolute atomic E-state index is 12.9. The predicted molar refractivity (Wildman–Crippen MR) is 111 cm³/mol. The number of nitrogens with one attached hydrogen (secondary N) is 1. The molecule has 1 saturated heterocycles. The number of amides is 1. The lowest BCUT2D eigenvalue weighted by Gasteiger charge is -2.35. The van der Waals surface area contributed by atoms with Crippen molar-refractivity contribution >= 4 is 11.9 Å². The second kappa shape index (κ2) is 8.37. The van der Waals surface area contributed by atoms with Gasteiger partial charge in [-0.3, -0.25) is 14.6 Å². The van der Waals surface area contributed by atoms with Gasteiger partial charge in [-0.25, -0.2) is 4.98 Å². The molecule has 1 N–H and O–H groups in total. The number of H-pyrrole nitrogens is 1. The van der Waals surface area contributed by atoms with Crippen molar-refractivity contribution in [2.45, 2.75) is 45.7 Å². The van der Waals surface area contributed by atoms with Gasteiger partial charge in [0.1, 0.15) is 0 Å². The van der Waals surface area contributed by atoms with E-state index in [1.54, 1.807) is 0 Å². The maximum Gasteiger partial charge on any atom is 0.255 e. The molecule has 4 rings (SSSR count). The number of ether oxygens (including phenoxy) is 1. The van der Waals surface area contributed by atoms with E-state index in [9.17, 15) is 9.59 Å². The van der Waals surface area contributed by atoms with Crippen molar-refractivity contribution in [2.75, 3.05) is 31.2 Å². The number of morpholine rings is 1. The first-order chi connectivity index (χ1) is 14.0. The Balaban J connectivity index is 1.43. The lowest BCUT2D eigenvalue weighted by Crippen LogP contribution is -2.42. The topological polar surface area (TPSA) is 78.5 Å². The summed E-state index contributed by atoms with van der Waals surface area (Å²) in [5, 5.41) is 0. The molecule has 0 spiro atoms. The van der Waals surface area contributed by atoms with E-state index in [0.29, 0.717) is 62.9 Å². The molecule has 1 fully saturated rings. The van der Waals surface area contributed by atoms with Crippen LogP contribution in [-0.2, 0) is 28.9 Å². The fourth-order valence-corrected chi connectivity index (χ4v) is 4.20. The molecule has 154 valence electrons. The monoisotopic (exact) mass is 396 g/mol. The van der Waals surface area contributed by atoms with Gasteiger partial charge in [-0.1, -0.05) is 24.3 Å². The Morgan fingerprint density at radius 1 is 1.24 bits per heavy atom. The Bertz CT molecular complexity index is 949. The quantitative estimate of drug-likeness (QED) is 0.853. The normalized spacial score (nSPS) is 19.2. The highest BCUT2D eigenvalue weighted by Gasteiger charge is 2.26. The molecule has 1 atom stereocenters. The van der Waals surface area contributed by atoms with Crippen LogP contribution in [0.1, 0.15) is 35.7 Å². The average Bonchev–Trinajstić information content (AvgIpc) is 2.73. The molecular weight excluding hydrogens is 368 g/mol. The van der Waals surface area contributed by atoms with E-state index in [1.807, 2.05) is 28.9 Å². The molecule has 0 aliphatic carbocycles. The van der Waals surface area contributed by atoms with E-state index in [-0.39, 0.29) is 17.5 Å². The minimum atomic E-state index is -0.149. The molecule has 3 heterocycles. The lowest BCUT2D eigenvalue weighted by molar-refractivity contribution is -0.134. The van der Waals surface area contributed by atoms with Crippen molar-refractivity contribution in [1.29, 1.82) is 0 Å². The zero-order valence-corrected chi connectivity index (χ0v) is 17.1. The molecule has 2 aliphatic rings. The van der Waals surface area contributed by atoms with E-state index in [1.165, 1.54) is 11.1 Å². The average molecular weight is 396 g/mol. The molecular formula is C22H28N4O3. The van der Waals surface area contributed by atoms with Crippen LogP contribution in [0.4, 0.5) is 5.95 Å². The highest BCUT2D eigenvalue weighted by molar-refractivity contribution is 5.77. The first kappa shape index (κ1) is 19.6. The second-order valence-corrected chi connectivity index (χ2v) is 7.90. The molecule has 1 unspecified atom stereocenters. The molecule has 7 nitrogen and oxygen atoms in total. The first-order valence-electron chi connectivity index (χ1n) is 10.3. The number of benzene rings is 1. The Morgan fingerprint density at radius 2 is 1.97 bits per heavy atom. The molecule has 2 aromatic rings. The Labute approximate surface area is 170 Å². The van der Waals surface area contributed by atoms with Crippen LogP contribution in [0, 0.1) is 6.92 Å². The van der Waals surface area contributed by atoms with Gasteiger partial charge < -0.3 is 14.5 Å². The summed E-state index contributed by atoms with van der Waals surface area (Å²) in [4.78, 5) is 37.0. The molecule has 29 heavy (non-hydrogen) atoms. The number of carbonyl (C=O) groups excluding carboxylic acids is 1. The van der Waals surface area contributed by atoms with Crippen LogP contribution in [0.25, 0.3) is 0 Å². The van der Waals surface area contributed by atoms with E-state index >= 15 is 0 Å². The van der Waals surface area contributed by atoms with Crippen LogP contribution >= 0.6 is 0 Å². The third-order valence-corrected chi connectivity index (χ3v) is 5.94. The molecule has 1 aromatic heterocycles. The standard InChI is InChI=1S/C22H28N4O3/c1-15-13-17-5-3-4-6-18(17)14-26(15)20(27)8-7-19-16(2)23-22(24-21(19)28)25-9-11-29-12-10-25/h3-6,15H,7-14H2,1-2H3,(H,23,24,28). The number of rotatable bonds is 4. The number of carbonyl (C=O) groups is 1. The van der Waals surface area contributed by atoms with Gasteiger partial charge in [-0.2, -0.15) is 0 Å².